The van der Waals surface area contributed by atoms with Crippen molar-refractivity contribution in [1.29, 1.82) is 0 Å². The number of hydrogen-bond donors (Lipinski definition) is 1. The van der Waals surface area contributed by atoms with Crippen molar-refractivity contribution in [2.45, 2.75) is 12.6 Å². The average Bonchev–Trinajstić information content (AvgIpc) is 3.08. The van der Waals surface area contributed by atoms with E-state index in [1.165, 1.54) is 36.5 Å². The molecule has 0 saturated carbocycles. The lowest BCUT2D eigenvalue weighted by molar-refractivity contribution is -0.138. The summed E-state index contributed by atoms with van der Waals surface area (Å²) in [6.45, 7) is 0. The number of nitrogens with zero attached hydrogens (tertiary/aromatic N) is 1. The molecule has 1 amide bonds. The molecule has 1 N–H and O–H groups in total. The predicted octanol–water partition coefficient (Wildman–Crippen LogP) is 4.68. The van der Waals surface area contributed by atoms with Crippen molar-refractivity contribution in [1.82, 2.24) is 4.98 Å². The van der Waals surface area contributed by atoms with Crippen LogP contribution in [-0.2, 0) is 17.4 Å². The number of rotatable bonds is 4. The van der Waals surface area contributed by atoms with Crippen molar-refractivity contribution in [2.24, 2.45) is 0 Å². The third-order valence-electron chi connectivity index (χ3n) is 3.62. The summed E-state index contributed by atoms with van der Waals surface area (Å²) in [7, 11) is 0. The van der Waals surface area contributed by atoms with E-state index in [0.717, 1.165) is 18.5 Å². The topological polar surface area (TPSA) is 55.1 Å². The van der Waals surface area contributed by atoms with E-state index in [1.807, 2.05) is 0 Å². The van der Waals surface area contributed by atoms with Crippen molar-refractivity contribution in [3.63, 3.8) is 0 Å². The van der Waals surface area contributed by atoms with Crippen molar-refractivity contribution < 1.29 is 26.8 Å². The zero-order valence-corrected chi connectivity index (χ0v) is 13.2. The van der Waals surface area contributed by atoms with E-state index in [9.17, 15) is 22.4 Å². The lowest BCUT2D eigenvalue weighted by atomic mass is 10.0. The van der Waals surface area contributed by atoms with E-state index < -0.39 is 29.9 Å². The summed E-state index contributed by atoms with van der Waals surface area (Å²) >= 11 is 0. The highest BCUT2D eigenvalue weighted by atomic mass is 19.4. The molecule has 0 aliphatic carbocycles. The molecule has 2 aromatic carbocycles. The Morgan fingerprint density at radius 1 is 1.15 bits per heavy atom. The molecule has 0 unspecified atom stereocenters. The zero-order valence-electron chi connectivity index (χ0n) is 13.2. The number of aromatic nitrogens is 1. The van der Waals surface area contributed by atoms with Crippen molar-refractivity contribution >= 4 is 11.6 Å². The Morgan fingerprint density at radius 2 is 1.92 bits per heavy atom. The van der Waals surface area contributed by atoms with Crippen LogP contribution < -0.4 is 5.32 Å². The first-order valence-corrected chi connectivity index (χ1v) is 7.48. The number of carbonyl (C=O) groups excluding carboxylic acids is 1. The summed E-state index contributed by atoms with van der Waals surface area (Å²) < 4.78 is 58.0. The van der Waals surface area contributed by atoms with Gasteiger partial charge in [0.15, 0.2) is 12.2 Å². The quantitative estimate of drug-likeness (QED) is 0.684. The van der Waals surface area contributed by atoms with Crippen LogP contribution in [0, 0.1) is 5.82 Å². The molecule has 134 valence electrons. The lowest BCUT2D eigenvalue weighted by Crippen LogP contribution is -2.18. The van der Waals surface area contributed by atoms with Gasteiger partial charge in [0.05, 0.1) is 23.7 Å². The SMILES string of the molecule is O=C(Cc1ccccc1C(F)(F)F)Nc1ccc(-c2cnco2)c(F)c1. The largest absolute Gasteiger partial charge is 0.443 e. The maximum absolute atomic E-state index is 14.1. The molecule has 0 radical (unpaired) electrons. The van der Waals surface area contributed by atoms with Crippen molar-refractivity contribution in [3.05, 3.63) is 72.0 Å². The van der Waals surface area contributed by atoms with Gasteiger partial charge in [0.2, 0.25) is 5.91 Å². The Kier molecular flexibility index (Phi) is 4.75. The highest BCUT2D eigenvalue weighted by Gasteiger charge is 2.33. The molecule has 0 aliphatic rings. The van der Waals surface area contributed by atoms with Gasteiger partial charge >= 0.3 is 6.18 Å². The van der Waals surface area contributed by atoms with E-state index in [4.69, 9.17) is 4.42 Å². The first kappa shape index (κ1) is 17.7. The van der Waals surface area contributed by atoms with Crippen LogP contribution in [0.1, 0.15) is 11.1 Å². The Hall–Kier alpha value is -3.16. The molecule has 3 aromatic rings. The number of amides is 1. The number of halogens is 4. The monoisotopic (exact) mass is 364 g/mol. The maximum atomic E-state index is 14.1. The zero-order chi connectivity index (χ0) is 18.7. The molecule has 8 heteroatoms. The van der Waals surface area contributed by atoms with Crippen LogP contribution in [0.5, 0.6) is 0 Å². The molecule has 3 rings (SSSR count). The molecular formula is C18H12F4N2O2. The molecule has 26 heavy (non-hydrogen) atoms. The third-order valence-corrected chi connectivity index (χ3v) is 3.62. The summed E-state index contributed by atoms with van der Waals surface area (Å²) in [5.74, 6) is -1.12. The second kappa shape index (κ2) is 6.99. The summed E-state index contributed by atoms with van der Waals surface area (Å²) in [5.41, 5.74) is -0.749. The minimum atomic E-state index is -4.55. The molecule has 0 saturated heterocycles. The second-order valence-corrected chi connectivity index (χ2v) is 5.44. The first-order chi connectivity index (χ1) is 12.3. The van der Waals surface area contributed by atoms with Crippen LogP contribution >= 0.6 is 0 Å². The van der Waals surface area contributed by atoms with Crippen LogP contribution in [0.3, 0.4) is 0 Å². The van der Waals surface area contributed by atoms with Crippen molar-refractivity contribution in [3.8, 4) is 11.3 Å². The summed E-state index contributed by atoms with van der Waals surface area (Å²) in [6, 6.07) is 8.69. The van der Waals surface area contributed by atoms with Gasteiger partial charge in [0.1, 0.15) is 5.82 Å². The number of alkyl halides is 3. The number of nitrogens with one attached hydrogen (secondary N) is 1. The standard InChI is InChI=1S/C18H12F4N2O2/c19-15-8-12(5-6-13(15)16-9-23-10-26-16)24-17(25)7-11-3-1-2-4-14(11)18(20,21)22/h1-6,8-10H,7H2,(H,24,25). The molecule has 0 atom stereocenters. The smallest absolute Gasteiger partial charge is 0.416 e. The number of benzene rings is 2. The van der Waals surface area contributed by atoms with Crippen LogP contribution in [0.25, 0.3) is 11.3 Å². The number of anilines is 1. The Morgan fingerprint density at radius 3 is 2.58 bits per heavy atom. The molecule has 0 aliphatic heterocycles. The van der Waals surface area contributed by atoms with E-state index in [1.54, 1.807) is 0 Å². The lowest BCUT2D eigenvalue weighted by Gasteiger charge is -2.12. The molecule has 1 heterocycles. The highest BCUT2D eigenvalue weighted by Crippen LogP contribution is 2.32. The predicted molar refractivity (Wildman–Crippen MR) is 85.7 cm³/mol. The summed E-state index contributed by atoms with van der Waals surface area (Å²) in [5, 5.41) is 2.39. The van der Waals surface area contributed by atoms with Crippen LogP contribution in [-0.4, -0.2) is 10.9 Å². The van der Waals surface area contributed by atoms with Gasteiger partial charge in [0.25, 0.3) is 0 Å². The molecule has 1 aromatic heterocycles. The van der Waals surface area contributed by atoms with Crippen LogP contribution in [0.2, 0.25) is 0 Å². The number of hydrogen-bond acceptors (Lipinski definition) is 3. The van der Waals surface area contributed by atoms with Gasteiger partial charge in [-0.1, -0.05) is 18.2 Å². The van der Waals surface area contributed by atoms with Crippen LogP contribution in [0.4, 0.5) is 23.2 Å². The molecule has 0 bridgehead atoms. The Bertz CT molecular complexity index is 921. The van der Waals surface area contributed by atoms with Gasteiger partial charge < -0.3 is 9.73 Å². The van der Waals surface area contributed by atoms with Gasteiger partial charge in [-0.3, -0.25) is 4.79 Å². The highest BCUT2D eigenvalue weighted by molar-refractivity contribution is 5.92. The molecule has 0 spiro atoms. The van der Waals surface area contributed by atoms with E-state index in [2.05, 4.69) is 10.3 Å². The van der Waals surface area contributed by atoms with Crippen LogP contribution in [0.15, 0.2) is 59.5 Å². The van der Waals surface area contributed by atoms with Gasteiger partial charge in [-0.25, -0.2) is 9.37 Å². The minimum absolute atomic E-state index is 0.125. The summed E-state index contributed by atoms with van der Waals surface area (Å²) in [4.78, 5) is 15.7. The fourth-order valence-corrected chi connectivity index (χ4v) is 2.47. The Labute approximate surface area is 145 Å². The van der Waals surface area contributed by atoms with E-state index >= 15 is 0 Å². The molecule has 4 nitrogen and oxygen atoms in total. The van der Waals surface area contributed by atoms with Gasteiger partial charge in [-0.2, -0.15) is 13.2 Å². The van der Waals surface area contributed by atoms with Gasteiger partial charge in [-0.15, -0.1) is 0 Å². The number of oxazole rings is 1. The number of carbonyl (C=O) groups is 1. The molecular weight excluding hydrogens is 352 g/mol. The van der Waals surface area contributed by atoms with E-state index in [-0.39, 0.29) is 22.6 Å². The normalized spacial score (nSPS) is 11.4. The maximum Gasteiger partial charge on any atom is 0.416 e. The van der Waals surface area contributed by atoms with E-state index in [0.29, 0.717) is 0 Å². The molecule has 0 fully saturated rings. The average molecular weight is 364 g/mol. The first-order valence-electron chi connectivity index (χ1n) is 7.48. The van der Waals surface area contributed by atoms with Gasteiger partial charge in [0, 0.05) is 5.69 Å². The second-order valence-electron chi connectivity index (χ2n) is 5.44. The minimum Gasteiger partial charge on any atom is -0.443 e. The fraction of sp³-hybridized carbons (Fsp3) is 0.111. The summed E-state index contributed by atoms with van der Waals surface area (Å²) in [6.07, 6.45) is -2.55. The Balaban J connectivity index is 1.74. The van der Waals surface area contributed by atoms with Gasteiger partial charge in [-0.05, 0) is 29.8 Å². The van der Waals surface area contributed by atoms with Crippen molar-refractivity contribution in [2.75, 3.05) is 5.32 Å². The third kappa shape index (κ3) is 3.90. The fourth-order valence-electron chi connectivity index (χ4n) is 2.47.